The summed E-state index contributed by atoms with van der Waals surface area (Å²) in [6, 6.07) is 14.5. The zero-order chi connectivity index (χ0) is 30.0. The molecule has 0 aliphatic carbocycles. The average Bonchev–Trinajstić information content (AvgIpc) is 3.47. The van der Waals surface area contributed by atoms with E-state index in [1.165, 1.54) is 23.5 Å². The minimum Gasteiger partial charge on any atom is -0.497 e. The van der Waals surface area contributed by atoms with Gasteiger partial charge in [0.1, 0.15) is 5.75 Å². The van der Waals surface area contributed by atoms with Gasteiger partial charge in [-0.1, -0.05) is 44.2 Å². The highest BCUT2D eigenvalue weighted by molar-refractivity contribution is 7.89. The molecule has 226 valence electrons. The fourth-order valence-corrected chi connectivity index (χ4v) is 6.44. The zero-order valence-electron chi connectivity index (χ0n) is 23.9. The SMILES string of the molecule is COc1ccc(S(=O)(=O)N(CC(C)C)C[C@@H](O)[C@H](Cc2ccccc2)NC(=O)CN(CC(N)=O)[C@H]2CCOC2)cc1. The number of amides is 2. The van der Waals surface area contributed by atoms with Gasteiger partial charge in [-0.05, 0) is 48.6 Å². The highest BCUT2D eigenvalue weighted by Crippen LogP contribution is 2.22. The van der Waals surface area contributed by atoms with E-state index in [1.54, 1.807) is 17.0 Å². The summed E-state index contributed by atoms with van der Waals surface area (Å²) in [7, 11) is -2.46. The number of carbonyl (C=O) groups is 2. The summed E-state index contributed by atoms with van der Waals surface area (Å²) >= 11 is 0. The average molecular weight is 591 g/mol. The number of primary amides is 1. The molecule has 4 N–H and O–H groups in total. The van der Waals surface area contributed by atoms with Crippen molar-refractivity contribution < 1.29 is 32.6 Å². The minimum absolute atomic E-state index is 0.0200. The highest BCUT2D eigenvalue weighted by Gasteiger charge is 2.32. The van der Waals surface area contributed by atoms with E-state index in [1.807, 2.05) is 44.2 Å². The van der Waals surface area contributed by atoms with E-state index in [2.05, 4.69) is 5.32 Å². The van der Waals surface area contributed by atoms with Crippen molar-refractivity contribution in [3.05, 3.63) is 60.2 Å². The molecule has 3 rings (SSSR count). The van der Waals surface area contributed by atoms with Crippen molar-refractivity contribution in [3.8, 4) is 5.75 Å². The third-order valence-electron chi connectivity index (χ3n) is 6.89. The van der Waals surface area contributed by atoms with Crippen LogP contribution >= 0.6 is 0 Å². The molecular weight excluding hydrogens is 548 g/mol. The number of nitrogens with zero attached hydrogens (tertiary/aromatic N) is 2. The Bertz CT molecular complexity index is 1220. The molecule has 1 aliphatic rings. The number of carbonyl (C=O) groups excluding carboxylic acids is 2. The minimum atomic E-state index is -3.96. The Morgan fingerprint density at radius 1 is 1.10 bits per heavy atom. The lowest BCUT2D eigenvalue weighted by atomic mass is 10.0. The molecule has 2 aromatic rings. The molecule has 1 saturated heterocycles. The molecule has 11 nitrogen and oxygen atoms in total. The number of hydrogen-bond acceptors (Lipinski definition) is 8. The summed E-state index contributed by atoms with van der Waals surface area (Å²) in [6.45, 7) is 4.44. The van der Waals surface area contributed by atoms with Crippen molar-refractivity contribution in [1.82, 2.24) is 14.5 Å². The van der Waals surface area contributed by atoms with Crippen LogP contribution in [0.1, 0.15) is 25.8 Å². The monoisotopic (exact) mass is 590 g/mol. The highest BCUT2D eigenvalue weighted by atomic mass is 32.2. The predicted molar refractivity (Wildman–Crippen MR) is 155 cm³/mol. The van der Waals surface area contributed by atoms with Gasteiger partial charge >= 0.3 is 0 Å². The molecule has 41 heavy (non-hydrogen) atoms. The first-order chi connectivity index (χ1) is 19.5. The van der Waals surface area contributed by atoms with Gasteiger partial charge in [-0.2, -0.15) is 4.31 Å². The van der Waals surface area contributed by atoms with Crippen molar-refractivity contribution in [3.63, 3.8) is 0 Å². The summed E-state index contributed by atoms with van der Waals surface area (Å²) < 4.78 is 39.1. The van der Waals surface area contributed by atoms with E-state index in [0.29, 0.717) is 25.4 Å². The molecule has 12 heteroatoms. The Kier molecular flexibility index (Phi) is 12.1. The maximum absolute atomic E-state index is 13.6. The van der Waals surface area contributed by atoms with Gasteiger partial charge in [0.2, 0.25) is 21.8 Å². The molecule has 1 aliphatic heterocycles. The number of ether oxygens (including phenoxy) is 2. The summed E-state index contributed by atoms with van der Waals surface area (Å²) in [5.41, 5.74) is 6.29. The van der Waals surface area contributed by atoms with E-state index in [9.17, 15) is 23.1 Å². The van der Waals surface area contributed by atoms with Crippen LogP contribution in [-0.4, -0.2) is 99.2 Å². The number of aliphatic hydroxyl groups is 1. The number of hydrogen-bond donors (Lipinski definition) is 3. The van der Waals surface area contributed by atoms with Crippen LogP contribution in [0.25, 0.3) is 0 Å². The first kappa shape index (κ1) is 32.5. The third-order valence-corrected chi connectivity index (χ3v) is 8.74. The van der Waals surface area contributed by atoms with Crippen molar-refractivity contribution in [1.29, 1.82) is 0 Å². The Labute approximate surface area is 242 Å². The van der Waals surface area contributed by atoms with Crippen LogP contribution in [0.2, 0.25) is 0 Å². The maximum atomic E-state index is 13.6. The molecule has 0 spiro atoms. The molecular formula is C29H42N4O7S. The molecule has 3 atom stereocenters. The Morgan fingerprint density at radius 3 is 2.34 bits per heavy atom. The van der Waals surface area contributed by atoms with Crippen molar-refractivity contribution in [2.75, 3.05) is 46.5 Å². The van der Waals surface area contributed by atoms with Crippen LogP contribution in [0.15, 0.2) is 59.5 Å². The molecule has 0 unspecified atom stereocenters. The van der Waals surface area contributed by atoms with Crippen molar-refractivity contribution in [2.24, 2.45) is 11.7 Å². The molecule has 1 heterocycles. The molecule has 0 aromatic heterocycles. The fourth-order valence-electron chi connectivity index (χ4n) is 4.82. The topological polar surface area (TPSA) is 151 Å². The summed E-state index contributed by atoms with van der Waals surface area (Å²) in [5.74, 6) is -0.460. The summed E-state index contributed by atoms with van der Waals surface area (Å²) in [6.07, 6.45) is -0.288. The van der Waals surface area contributed by atoms with Crippen molar-refractivity contribution >= 4 is 21.8 Å². The number of methoxy groups -OCH3 is 1. The number of aliphatic hydroxyl groups excluding tert-OH is 1. The van der Waals surface area contributed by atoms with Crippen LogP contribution in [-0.2, 0) is 30.8 Å². The molecule has 1 fully saturated rings. The van der Waals surface area contributed by atoms with E-state index in [4.69, 9.17) is 15.2 Å². The normalized spacial score (nSPS) is 17.1. The second-order valence-corrected chi connectivity index (χ2v) is 12.6. The zero-order valence-corrected chi connectivity index (χ0v) is 24.8. The van der Waals surface area contributed by atoms with Crippen LogP contribution < -0.4 is 15.8 Å². The van der Waals surface area contributed by atoms with Gasteiger partial charge in [0.25, 0.3) is 0 Å². The predicted octanol–water partition coefficient (Wildman–Crippen LogP) is 1.01. The first-order valence-electron chi connectivity index (χ1n) is 13.7. The molecule has 0 saturated carbocycles. The first-order valence-corrected chi connectivity index (χ1v) is 15.2. The standard InChI is InChI=1S/C29H42N4O7S/c1-21(2)16-33(41(37,38)25-11-9-24(39-3)10-12-25)17-27(34)26(15-22-7-5-4-6-8-22)31-29(36)19-32(18-28(30)35)23-13-14-40-20-23/h4-12,21,23,26-27,34H,13-20H2,1-3H3,(H2,30,35)(H,31,36)/t23-,26-,27+/m0/s1. The lowest BCUT2D eigenvalue weighted by Gasteiger charge is -2.32. The molecule has 2 aromatic carbocycles. The molecule has 0 radical (unpaired) electrons. The van der Waals surface area contributed by atoms with E-state index >= 15 is 0 Å². The van der Waals surface area contributed by atoms with E-state index < -0.39 is 34.0 Å². The van der Waals surface area contributed by atoms with Crippen LogP contribution in [0.5, 0.6) is 5.75 Å². The van der Waals surface area contributed by atoms with Gasteiger partial charge in [0.15, 0.2) is 0 Å². The lowest BCUT2D eigenvalue weighted by molar-refractivity contribution is -0.126. The van der Waals surface area contributed by atoms with Gasteiger partial charge < -0.3 is 25.6 Å². The smallest absolute Gasteiger partial charge is 0.243 e. The fraction of sp³-hybridized carbons (Fsp3) is 0.517. The van der Waals surface area contributed by atoms with Gasteiger partial charge in [-0.3, -0.25) is 14.5 Å². The number of nitrogens with two attached hydrogens (primary N) is 1. The van der Waals surface area contributed by atoms with Gasteiger partial charge in [-0.15, -0.1) is 0 Å². The number of rotatable bonds is 16. The second kappa shape index (κ2) is 15.3. The summed E-state index contributed by atoms with van der Waals surface area (Å²) in [5, 5.41) is 14.3. The van der Waals surface area contributed by atoms with Gasteiger partial charge in [0, 0.05) is 25.7 Å². The second-order valence-electron chi connectivity index (χ2n) is 10.7. The number of sulfonamides is 1. The van der Waals surface area contributed by atoms with Gasteiger partial charge in [0.05, 0.1) is 43.8 Å². The van der Waals surface area contributed by atoms with Gasteiger partial charge in [-0.25, -0.2) is 8.42 Å². The van der Waals surface area contributed by atoms with E-state index in [-0.39, 0.29) is 49.5 Å². The number of nitrogens with one attached hydrogen (secondary N) is 1. The maximum Gasteiger partial charge on any atom is 0.243 e. The Morgan fingerprint density at radius 2 is 1.78 bits per heavy atom. The molecule has 0 bridgehead atoms. The quantitative estimate of drug-likeness (QED) is 0.262. The largest absolute Gasteiger partial charge is 0.497 e. The Balaban J connectivity index is 1.82. The van der Waals surface area contributed by atoms with Crippen molar-refractivity contribution in [2.45, 2.75) is 49.8 Å². The van der Waals surface area contributed by atoms with Crippen LogP contribution in [0.4, 0.5) is 0 Å². The Hall–Kier alpha value is -3.03. The lowest BCUT2D eigenvalue weighted by Crippen LogP contribution is -2.54. The molecule has 2 amide bonds. The summed E-state index contributed by atoms with van der Waals surface area (Å²) in [4.78, 5) is 26.7. The van der Waals surface area contributed by atoms with E-state index in [0.717, 1.165) is 5.56 Å². The third kappa shape index (κ3) is 9.79. The number of benzene rings is 2. The van der Waals surface area contributed by atoms with Crippen LogP contribution in [0, 0.1) is 5.92 Å². The van der Waals surface area contributed by atoms with Crippen LogP contribution in [0.3, 0.4) is 0 Å².